The van der Waals surface area contributed by atoms with Crippen LogP contribution in [-0.2, 0) is 11.4 Å². The van der Waals surface area contributed by atoms with Crippen molar-refractivity contribution in [2.45, 2.75) is 38.7 Å². The number of benzene rings is 1. The summed E-state index contributed by atoms with van der Waals surface area (Å²) in [6.07, 6.45) is 5.06. The summed E-state index contributed by atoms with van der Waals surface area (Å²) in [4.78, 5) is 39.8. The molecule has 0 radical (unpaired) electrons. The molecule has 2 N–H and O–H groups in total. The zero-order valence-corrected chi connectivity index (χ0v) is 18.6. The van der Waals surface area contributed by atoms with E-state index in [1.807, 2.05) is 0 Å². The maximum Gasteiger partial charge on any atom is 0.286 e. The second kappa shape index (κ2) is 11.4. The van der Waals surface area contributed by atoms with Crippen LogP contribution in [0.5, 0.6) is 11.5 Å². The van der Waals surface area contributed by atoms with Crippen LogP contribution in [0.1, 0.15) is 48.2 Å². The van der Waals surface area contributed by atoms with Crippen molar-refractivity contribution in [2.75, 3.05) is 20.2 Å². The Hall–Kier alpha value is -3.21. The van der Waals surface area contributed by atoms with Crippen LogP contribution in [0.15, 0.2) is 23.0 Å². The molecule has 0 spiro atoms. The van der Waals surface area contributed by atoms with Crippen molar-refractivity contribution < 1.29 is 24.0 Å². The lowest BCUT2D eigenvalue weighted by molar-refractivity contribution is -0.385. The molecule has 0 atom stereocenters. The minimum Gasteiger partial charge on any atom is -0.493 e. The highest BCUT2D eigenvalue weighted by Gasteiger charge is 2.25. The van der Waals surface area contributed by atoms with Crippen LogP contribution in [-0.4, -0.2) is 41.9 Å². The van der Waals surface area contributed by atoms with Crippen molar-refractivity contribution >= 4 is 28.8 Å². The number of aromatic nitrogens is 1. The fraction of sp³-hybridized carbons (Fsp3) is 0.476. The van der Waals surface area contributed by atoms with Gasteiger partial charge in [-0.2, -0.15) is 0 Å². The third-order valence-corrected chi connectivity index (χ3v) is 5.90. The van der Waals surface area contributed by atoms with Crippen molar-refractivity contribution in [3.63, 3.8) is 0 Å². The highest BCUT2D eigenvalue weighted by molar-refractivity contribution is 7.07. The van der Waals surface area contributed by atoms with E-state index in [9.17, 15) is 19.7 Å². The van der Waals surface area contributed by atoms with E-state index in [0.717, 1.165) is 32.1 Å². The summed E-state index contributed by atoms with van der Waals surface area (Å²) >= 11 is 1.41. The van der Waals surface area contributed by atoms with E-state index < -0.39 is 16.5 Å². The van der Waals surface area contributed by atoms with Gasteiger partial charge in [0.1, 0.15) is 12.2 Å². The Labute approximate surface area is 189 Å². The number of thiazole rings is 1. The number of hydrogen-bond acceptors (Lipinski definition) is 8. The van der Waals surface area contributed by atoms with Gasteiger partial charge in [0.05, 0.1) is 29.3 Å². The zero-order valence-electron chi connectivity index (χ0n) is 17.8. The lowest BCUT2D eigenvalue weighted by Gasteiger charge is -2.20. The Kier molecular flexibility index (Phi) is 8.37. The molecule has 32 heavy (non-hydrogen) atoms. The van der Waals surface area contributed by atoms with Crippen LogP contribution < -0.4 is 20.1 Å². The van der Waals surface area contributed by atoms with Crippen LogP contribution in [0.3, 0.4) is 0 Å². The van der Waals surface area contributed by atoms with Gasteiger partial charge < -0.3 is 20.1 Å². The van der Waals surface area contributed by atoms with Gasteiger partial charge in [0.25, 0.3) is 11.6 Å². The number of nitro groups is 1. The first kappa shape index (κ1) is 23.5. The molecule has 1 aliphatic rings. The van der Waals surface area contributed by atoms with Gasteiger partial charge in [0.15, 0.2) is 11.5 Å². The molecule has 2 aromatic rings. The highest BCUT2D eigenvalue weighted by Crippen LogP contribution is 2.35. The van der Waals surface area contributed by atoms with Crippen LogP contribution in [0, 0.1) is 16.0 Å². The monoisotopic (exact) mass is 462 g/mol. The van der Waals surface area contributed by atoms with Crippen molar-refractivity contribution in [3.8, 4) is 11.5 Å². The number of hydrogen-bond donors (Lipinski definition) is 2. The van der Waals surface area contributed by atoms with Gasteiger partial charge in [-0.15, -0.1) is 11.3 Å². The molecule has 0 saturated heterocycles. The van der Waals surface area contributed by atoms with Crippen molar-refractivity contribution in [1.29, 1.82) is 0 Å². The zero-order chi connectivity index (χ0) is 22.9. The molecule has 2 amide bonds. The topological polar surface area (TPSA) is 133 Å². The van der Waals surface area contributed by atoms with E-state index in [1.54, 1.807) is 10.9 Å². The minimum atomic E-state index is -0.644. The number of carbonyl (C=O) groups excluding carboxylic acids is 2. The molecule has 1 aromatic carbocycles. The van der Waals surface area contributed by atoms with Gasteiger partial charge in [-0.25, -0.2) is 4.98 Å². The van der Waals surface area contributed by atoms with Gasteiger partial charge in [-0.05, 0) is 12.8 Å². The molecule has 1 fully saturated rings. The van der Waals surface area contributed by atoms with Crippen molar-refractivity contribution in [3.05, 3.63) is 44.4 Å². The number of nitro benzene ring substituents is 1. The molecule has 0 bridgehead atoms. The maximum atomic E-state index is 12.6. The predicted molar refractivity (Wildman–Crippen MR) is 118 cm³/mol. The Morgan fingerprint density at radius 1 is 1.19 bits per heavy atom. The predicted octanol–water partition coefficient (Wildman–Crippen LogP) is 3.07. The standard InChI is InChI=1S/C21H26N4O6S/c1-30-18-9-16(17(25(28)29)10-19(18)31-11-15-12-32-13-24-15)21(27)23-8-7-22-20(26)14-5-3-2-4-6-14/h9-10,12-14H,2-8,11H2,1H3,(H,22,26)(H,23,27). The quantitative estimate of drug-likeness (QED) is 0.315. The van der Waals surface area contributed by atoms with Crippen LogP contribution in [0.2, 0.25) is 0 Å². The number of ether oxygens (including phenoxy) is 2. The molecular weight excluding hydrogens is 436 g/mol. The Balaban J connectivity index is 1.61. The number of nitrogens with zero attached hydrogens (tertiary/aromatic N) is 2. The molecule has 1 aromatic heterocycles. The average molecular weight is 463 g/mol. The van der Waals surface area contributed by atoms with Gasteiger partial charge in [-0.1, -0.05) is 19.3 Å². The van der Waals surface area contributed by atoms with Crippen molar-refractivity contribution in [1.82, 2.24) is 15.6 Å². The first-order chi connectivity index (χ1) is 15.5. The van der Waals surface area contributed by atoms with Crippen LogP contribution >= 0.6 is 11.3 Å². The summed E-state index contributed by atoms with van der Waals surface area (Å²) in [5.74, 6) is -0.270. The van der Waals surface area contributed by atoms with E-state index in [-0.39, 0.29) is 48.6 Å². The minimum absolute atomic E-state index is 0.00628. The SMILES string of the molecule is COc1cc(C(=O)NCCNC(=O)C2CCCCC2)c([N+](=O)[O-])cc1OCc1cscn1. The van der Waals surface area contributed by atoms with E-state index in [0.29, 0.717) is 5.69 Å². The molecule has 0 aliphatic heterocycles. The molecule has 0 unspecified atom stereocenters. The summed E-state index contributed by atoms with van der Waals surface area (Å²) in [6.45, 7) is 0.517. The van der Waals surface area contributed by atoms with E-state index >= 15 is 0 Å². The Morgan fingerprint density at radius 3 is 2.59 bits per heavy atom. The maximum absolute atomic E-state index is 12.6. The Bertz CT molecular complexity index is 944. The third-order valence-electron chi connectivity index (χ3n) is 5.27. The summed E-state index contributed by atoms with van der Waals surface area (Å²) < 4.78 is 10.9. The van der Waals surface area contributed by atoms with Gasteiger partial charge >= 0.3 is 0 Å². The molecule has 10 nitrogen and oxygen atoms in total. The summed E-state index contributed by atoms with van der Waals surface area (Å²) in [5.41, 5.74) is 1.79. The second-order valence-corrected chi connectivity index (χ2v) is 8.15. The second-order valence-electron chi connectivity index (χ2n) is 7.43. The van der Waals surface area contributed by atoms with Gasteiger partial charge in [0.2, 0.25) is 5.91 Å². The number of methoxy groups -OCH3 is 1. The first-order valence-corrected chi connectivity index (χ1v) is 11.4. The van der Waals surface area contributed by atoms with E-state index in [1.165, 1.54) is 30.6 Å². The largest absolute Gasteiger partial charge is 0.493 e. The number of amides is 2. The smallest absolute Gasteiger partial charge is 0.286 e. The Morgan fingerprint density at radius 2 is 1.94 bits per heavy atom. The molecule has 11 heteroatoms. The lowest BCUT2D eigenvalue weighted by atomic mass is 9.89. The molecule has 1 saturated carbocycles. The average Bonchev–Trinajstić information content (AvgIpc) is 3.33. The first-order valence-electron chi connectivity index (χ1n) is 10.4. The fourth-order valence-electron chi connectivity index (χ4n) is 3.58. The number of rotatable bonds is 10. The highest BCUT2D eigenvalue weighted by atomic mass is 32.1. The van der Waals surface area contributed by atoms with E-state index in [2.05, 4.69) is 15.6 Å². The molecule has 3 rings (SSSR count). The molecular formula is C21H26N4O6S. The summed E-state index contributed by atoms with van der Waals surface area (Å²) in [6, 6.07) is 2.45. The summed E-state index contributed by atoms with van der Waals surface area (Å²) in [5, 5.41) is 18.8. The number of carbonyl (C=O) groups is 2. The van der Waals surface area contributed by atoms with Crippen LogP contribution in [0.4, 0.5) is 5.69 Å². The fourth-order valence-corrected chi connectivity index (χ4v) is 4.12. The third kappa shape index (κ3) is 6.16. The molecule has 1 aliphatic carbocycles. The van der Waals surface area contributed by atoms with Gasteiger partial charge in [-0.3, -0.25) is 19.7 Å². The van der Waals surface area contributed by atoms with Crippen LogP contribution in [0.25, 0.3) is 0 Å². The van der Waals surface area contributed by atoms with Crippen molar-refractivity contribution in [2.24, 2.45) is 5.92 Å². The molecule has 1 heterocycles. The summed E-state index contributed by atoms with van der Waals surface area (Å²) in [7, 11) is 1.39. The van der Waals surface area contributed by atoms with Gasteiger partial charge in [0, 0.05) is 30.5 Å². The van der Waals surface area contributed by atoms with E-state index in [4.69, 9.17) is 9.47 Å². The number of nitrogens with one attached hydrogen (secondary N) is 2. The lowest BCUT2D eigenvalue weighted by Crippen LogP contribution is -2.38. The molecule has 172 valence electrons. The normalized spacial score (nSPS) is 13.9.